The molecule has 1 atom stereocenters. The van der Waals surface area contributed by atoms with E-state index in [-0.39, 0.29) is 18.2 Å². The number of esters is 1. The number of benzene rings is 2. The second-order valence-corrected chi connectivity index (χ2v) is 5.41. The van der Waals surface area contributed by atoms with Gasteiger partial charge in [0.15, 0.2) is 6.10 Å². The summed E-state index contributed by atoms with van der Waals surface area (Å²) < 4.78 is 5.08. The van der Waals surface area contributed by atoms with Crippen molar-refractivity contribution in [1.29, 1.82) is 0 Å². The highest BCUT2D eigenvalue weighted by atomic mass is 16.5. The minimum absolute atomic E-state index is 0.280. The van der Waals surface area contributed by atoms with E-state index in [0.29, 0.717) is 11.1 Å². The molecular weight excluding hydrogens is 306 g/mol. The van der Waals surface area contributed by atoms with Crippen LogP contribution in [-0.2, 0) is 9.53 Å². The van der Waals surface area contributed by atoms with E-state index in [2.05, 4.69) is 5.32 Å². The molecule has 2 rings (SSSR count). The van der Waals surface area contributed by atoms with Crippen molar-refractivity contribution in [2.45, 2.75) is 20.0 Å². The fourth-order valence-electron chi connectivity index (χ4n) is 2.09. The van der Waals surface area contributed by atoms with E-state index in [9.17, 15) is 14.4 Å². The lowest BCUT2D eigenvalue weighted by Gasteiger charge is -2.13. The molecule has 1 amide bonds. The minimum Gasteiger partial charge on any atom is -0.453 e. The molecule has 124 valence electrons. The highest BCUT2D eigenvalue weighted by Crippen LogP contribution is 2.08. The lowest BCUT2D eigenvalue weighted by atomic mass is 10.1. The Kier molecular flexibility index (Phi) is 5.84. The van der Waals surface area contributed by atoms with Crippen LogP contribution in [0.5, 0.6) is 0 Å². The number of carbonyl (C=O) groups excluding carboxylic acids is 3. The summed E-state index contributed by atoms with van der Waals surface area (Å²) in [4.78, 5) is 35.8. The first-order valence-corrected chi connectivity index (χ1v) is 7.61. The maximum absolute atomic E-state index is 12.2. The van der Waals surface area contributed by atoms with Crippen molar-refractivity contribution in [1.82, 2.24) is 5.32 Å². The summed E-state index contributed by atoms with van der Waals surface area (Å²) in [5, 5.41) is 2.47. The molecule has 2 aromatic rings. The molecule has 0 bridgehead atoms. The molecule has 5 nitrogen and oxygen atoms in total. The van der Waals surface area contributed by atoms with Crippen LogP contribution in [0.4, 0.5) is 0 Å². The highest BCUT2D eigenvalue weighted by molar-refractivity contribution is 6.00. The van der Waals surface area contributed by atoms with Crippen LogP contribution in [0.1, 0.15) is 33.2 Å². The second-order valence-electron chi connectivity index (χ2n) is 5.41. The Bertz CT molecular complexity index is 723. The third kappa shape index (κ3) is 4.78. The van der Waals surface area contributed by atoms with Gasteiger partial charge >= 0.3 is 5.97 Å². The second kappa shape index (κ2) is 8.06. The lowest BCUT2D eigenvalue weighted by molar-refractivity contribution is -0.145. The predicted molar refractivity (Wildman–Crippen MR) is 89.8 cm³/mol. The smallest absolute Gasteiger partial charge is 0.326 e. The van der Waals surface area contributed by atoms with Crippen LogP contribution in [0.3, 0.4) is 0 Å². The summed E-state index contributed by atoms with van der Waals surface area (Å²) in [5.41, 5.74) is 1.98. The van der Waals surface area contributed by atoms with Crippen LogP contribution in [0.2, 0.25) is 0 Å². The van der Waals surface area contributed by atoms with Gasteiger partial charge < -0.3 is 10.1 Å². The number of ether oxygens (including phenoxy) is 1. The first kappa shape index (κ1) is 17.4. The summed E-state index contributed by atoms with van der Waals surface area (Å²) in [6, 6.07) is 15.6. The topological polar surface area (TPSA) is 72.5 Å². The molecule has 0 saturated carbocycles. The van der Waals surface area contributed by atoms with E-state index >= 15 is 0 Å². The first-order chi connectivity index (χ1) is 11.5. The molecule has 0 unspecified atom stereocenters. The van der Waals surface area contributed by atoms with Gasteiger partial charge in [-0.05, 0) is 26.0 Å². The summed E-state index contributed by atoms with van der Waals surface area (Å²) in [6.07, 6.45) is -0.908. The van der Waals surface area contributed by atoms with Gasteiger partial charge in [-0.3, -0.25) is 14.4 Å². The van der Waals surface area contributed by atoms with E-state index in [0.717, 1.165) is 5.56 Å². The van der Waals surface area contributed by atoms with Crippen molar-refractivity contribution in [2.24, 2.45) is 0 Å². The maximum atomic E-state index is 12.2. The third-order valence-electron chi connectivity index (χ3n) is 3.44. The largest absolute Gasteiger partial charge is 0.453 e. The number of hydrogen-bond donors (Lipinski definition) is 1. The quantitative estimate of drug-likeness (QED) is 0.654. The Morgan fingerprint density at radius 2 is 1.58 bits per heavy atom. The molecule has 0 aromatic heterocycles. The Balaban J connectivity index is 1.84. The van der Waals surface area contributed by atoms with Gasteiger partial charge in [-0.1, -0.05) is 48.0 Å². The van der Waals surface area contributed by atoms with Gasteiger partial charge in [0.05, 0.1) is 0 Å². The molecule has 0 aliphatic rings. The fraction of sp³-hybridized carbons (Fsp3) is 0.211. The molecular formula is C19H19NO4. The number of nitrogens with one attached hydrogen (secondary N) is 1. The number of aryl methyl sites for hydroxylation is 1. The number of ketones is 1. The van der Waals surface area contributed by atoms with E-state index in [1.165, 1.54) is 6.92 Å². The molecule has 0 fully saturated rings. The predicted octanol–water partition coefficient (Wildman–Crippen LogP) is 2.54. The van der Waals surface area contributed by atoms with Crippen LogP contribution in [-0.4, -0.2) is 30.3 Å². The van der Waals surface area contributed by atoms with Crippen molar-refractivity contribution >= 4 is 17.7 Å². The number of carbonyl (C=O) groups is 3. The molecule has 0 aliphatic heterocycles. The molecule has 5 heteroatoms. The van der Waals surface area contributed by atoms with Gasteiger partial charge in [0.2, 0.25) is 5.78 Å². The third-order valence-corrected chi connectivity index (χ3v) is 3.44. The molecule has 0 radical (unpaired) electrons. The fourth-order valence-corrected chi connectivity index (χ4v) is 2.09. The molecule has 2 aromatic carbocycles. The standard InChI is InChI=1S/C19H19NO4/c1-13-8-10-15(11-9-13)18(22)14(2)24-17(21)12-20-19(23)16-6-4-3-5-7-16/h3-11,14H,12H2,1-2H3,(H,20,23)/t14-/m0/s1. The number of rotatable bonds is 6. The Labute approximate surface area is 140 Å². The first-order valence-electron chi connectivity index (χ1n) is 7.61. The average Bonchev–Trinajstić information content (AvgIpc) is 2.60. The summed E-state index contributed by atoms with van der Waals surface area (Å²) >= 11 is 0. The Morgan fingerprint density at radius 1 is 0.958 bits per heavy atom. The zero-order valence-electron chi connectivity index (χ0n) is 13.6. The van der Waals surface area contributed by atoms with E-state index < -0.39 is 12.1 Å². The average molecular weight is 325 g/mol. The van der Waals surface area contributed by atoms with Crippen LogP contribution in [0.15, 0.2) is 54.6 Å². The van der Waals surface area contributed by atoms with Crippen molar-refractivity contribution in [2.75, 3.05) is 6.54 Å². The summed E-state index contributed by atoms with van der Waals surface area (Å²) in [5.74, 6) is -1.31. The van der Waals surface area contributed by atoms with E-state index in [4.69, 9.17) is 4.74 Å². The number of amides is 1. The monoisotopic (exact) mass is 325 g/mol. The van der Waals surface area contributed by atoms with Gasteiger partial charge in [-0.15, -0.1) is 0 Å². The van der Waals surface area contributed by atoms with Crippen molar-refractivity contribution < 1.29 is 19.1 Å². The molecule has 1 N–H and O–H groups in total. The SMILES string of the molecule is Cc1ccc(C(=O)[C@H](C)OC(=O)CNC(=O)c2ccccc2)cc1. The number of Topliss-reactive ketones (excluding diaryl/α,β-unsaturated/α-hetero) is 1. The van der Waals surface area contributed by atoms with Gasteiger partial charge in [0.25, 0.3) is 5.91 Å². The lowest BCUT2D eigenvalue weighted by Crippen LogP contribution is -2.34. The summed E-state index contributed by atoms with van der Waals surface area (Å²) in [7, 11) is 0. The van der Waals surface area contributed by atoms with Crippen molar-refractivity contribution in [3.63, 3.8) is 0 Å². The van der Waals surface area contributed by atoms with Crippen LogP contribution in [0, 0.1) is 6.92 Å². The van der Waals surface area contributed by atoms with Gasteiger partial charge in [-0.2, -0.15) is 0 Å². The molecule has 0 spiro atoms. The Morgan fingerprint density at radius 3 is 2.21 bits per heavy atom. The van der Waals surface area contributed by atoms with E-state index in [1.807, 2.05) is 19.1 Å². The van der Waals surface area contributed by atoms with Gasteiger partial charge in [-0.25, -0.2) is 0 Å². The molecule has 24 heavy (non-hydrogen) atoms. The highest BCUT2D eigenvalue weighted by Gasteiger charge is 2.19. The van der Waals surface area contributed by atoms with Crippen LogP contribution in [0.25, 0.3) is 0 Å². The minimum atomic E-state index is -0.908. The molecule has 0 aliphatic carbocycles. The van der Waals surface area contributed by atoms with Crippen LogP contribution >= 0.6 is 0 Å². The van der Waals surface area contributed by atoms with Crippen molar-refractivity contribution in [3.8, 4) is 0 Å². The normalized spacial score (nSPS) is 11.4. The van der Waals surface area contributed by atoms with Gasteiger partial charge in [0, 0.05) is 11.1 Å². The maximum Gasteiger partial charge on any atom is 0.326 e. The molecule has 0 saturated heterocycles. The zero-order chi connectivity index (χ0) is 17.5. The van der Waals surface area contributed by atoms with Gasteiger partial charge in [0.1, 0.15) is 6.54 Å². The van der Waals surface area contributed by atoms with Crippen molar-refractivity contribution in [3.05, 3.63) is 71.3 Å². The van der Waals surface area contributed by atoms with Crippen LogP contribution < -0.4 is 5.32 Å². The number of hydrogen-bond acceptors (Lipinski definition) is 4. The van der Waals surface area contributed by atoms with E-state index in [1.54, 1.807) is 42.5 Å². The molecule has 0 heterocycles. The summed E-state index contributed by atoms with van der Waals surface area (Å²) in [6.45, 7) is 3.14. The Hall–Kier alpha value is -2.95. The zero-order valence-corrected chi connectivity index (χ0v) is 13.6.